The van der Waals surface area contributed by atoms with Crippen LogP contribution in [0.4, 0.5) is 4.39 Å². The van der Waals surface area contributed by atoms with Gasteiger partial charge in [-0.05, 0) is 54.3 Å². The summed E-state index contributed by atoms with van der Waals surface area (Å²) in [5.74, 6) is 0.588. The second kappa shape index (κ2) is 8.47. The highest BCUT2D eigenvalue weighted by Gasteiger charge is 2.20. The van der Waals surface area contributed by atoms with E-state index in [0.29, 0.717) is 11.5 Å². The predicted octanol–water partition coefficient (Wildman–Crippen LogP) is 5.31. The van der Waals surface area contributed by atoms with Crippen molar-refractivity contribution in [1.82, 2.24) is 10.1 Å². The van der Waals surface area contributed by atoms with Gasteiger partial charge in [0.2, 0.25) is 5.82 Å². The van der Waals surface area contributed by atoms with Crippen LogP contribution in [0.15, 0.2) is 74.5 Å². The van der Waals surface area contributed by atoms with E-state index in [2.05, 4.69) is 24.0 Å². The van der Waals surface area contributed by atoms with E-state index >= 15 is 0 Å². The molecule has 0 amide bonds. The van der Waals surface area contributed by atoms with E-state index in [9.17, 15) is 12.8 Å². The minimum absolute atomic E-state index is 0.0842. The van der Waals surface area contributed by atoms with Crippen LogP contribution in [-0.4, -0.2) is 18.6 Å². The summed E-state index contributed by atoms with van der Waals surface area (Å²) in [6.07, 6.45) is 0.893. The third-order valence-corrected chi connectivity index (χ3v) is 6.29. The lowest BCUT2D eigenvalue weighted by Crippen LogP contribution is -2.04. The van der Waals surface area contributed by atoms with Crippen molar-refractivity contribution in [3.63, 3.8) is 0 Å². The van der Waals surface area contributed by atoms with Crippen molar-refractivity contribution in [3.05, 3.63) is 77.8 Å². The summed E-state index contributed by atoms with van der Waals surface area (Å²) in [6, 6.07) is 15.9. The van der Waals surface area contributed by atoms with Crippen molar-refractivity contribution >= 4 is 9.84 Å². The maximum absolute atomic E-state index is 13.4. The molecule has 2 aromatic carbocycles. The van der Waals surface area contributed by atoms with E-state index in [-0.39, 0.29) is 33.9 Å². The Balaban J connectivity index is 1.50. The number of hydrogen-bond acceptors (Lipinski definition) is 6. The van der Waals surface area contributed by atoms with E-state index in [4.69, 9.17) is 8.94 Å². The highest BCUT2D eigenvalue weighted by Crippen LogP contribution is 2.26. The van der Waals surface area contributed by atoms with Crippen LogP contribution in [-0.2, 0) is 22.0 Å². The molecule has 0 spiro atoms. The molecular weight excluding hydrogens is 419 g/mol. The highest BCUT2D eigenvalue weighted by molar-refractivity contribution is 7.90. The van der Waals surface area contributed by atoms with Gasteiger partial charge in [0, 0.05) is 5.56 Å². The van der Waals surface area contributed by atoms with Crippen LogP contribution in [0.5, 0.6) is 0 Å². The van der Waals surface area contributed by atoms with Crippen molar-refractivity contribution in [2.45, 2.75) is 30.9 Å². The second-order valence-corrected chi connectivity index (χ2v) is 9.69. The Morgan fingerprint density at radius 3 is 2.52 bits per heavy atom. The number of rotatable bonds is 7. The molecule has 0 aliphatic rings. The van der Waals surface area contributed by atoms with Gasteiger partial charge in [0.1, 0.15) is 17.3 Å². The number of benzene rings is 2. The van der Waals surface area contributed by atoms with E-state index in [1.807, 2.05) is 12.1 Å². The van der Waals surface area contributed by atoms with Crippen LogP contribution >= 0.6 is 0 Å². The molecule has 2 aromatic heterocycles. The summed E-state index contributed by atoms with van der Waals surface area (Å²) < 4.78 is 49.7. The summed E-state index contributed by atoms with van der Waals surface area (Å²) in [6.45, 7) is 4.23. The molecule has 2 heterocycles. The lowest BCUT2D eigenvalue weighted by atomic mass is 10.0. The third-order valence-electron chi connectivity index (χ3n) is 4.64. The average molecular weight is 440 g/mol. The Morgan fingerprint density at radius 2 is 1.81 bits per heavy atom. The van der Waals surface area contributed by atoms with Crippen LogP contribution in [0.25, 0.3) is 23.0 Å². The van der Waals surface area contributed by atoms with Crippen LogP contribution in [0.1, 0.15) is 25.2 Å². The minimum atomic E-state index is -3.57. The Bertz CT molecular complexity index is 1290. The largest absolute Gasteiger partial charge is 0.455 e. The highest BCUT2D eigenvalue weighted by atomic mass is 32.2. The summed E-state index contributed by atoms with van der Waals surface area (Å²) in [5.41, 5.74) is 1.56. The molecule has 8 heteroatoms. The predicted molar refractivity (Wildman–Crippen MR) is 113 cm³/mol. The SMILES string of the molecule is CC(C)Cc1ccc(S(=O)(=O)Cc2ccc(-c3nc(-c4cccc(F)c4)no3)o2)cc1. The molecule has 160 valence electrons. The maximum atomic E-state index is 13.4. The normalized spacial score (nSPS) is 11.9. The summed E-state index contributed by atoms with van der Waals surface area (Å²) in [5, 5.41) is 3.83. The first-order chi connectivity index (χ1) is 14.8. The first-order valence-corrected chi connectivity index (χ1v) is 11.5. The van der Waals surface area contributed by atoms with Crippen molar-refractivity contribution in [2.75, 3.05) is 0 Å². The van der Waals surface area contributed by atoms with Gasteiger partial charge in [0.25, 0.3) is 5.89 Å². The zero-order valence-electron chi connectivity index (χ0n) is 17.1. The van der Waals surface area contributed by atoms with E-state index in [0.717, 1.165) is 12.0 Å². The Morgan fingerprint density at radius 1 is 1.03 bits per heavy atom. The van der Waals surface area contributed by atoms with Crippen LogP contribution in [0.2, 0.25) is 0 Å². The van der Waals surface area contributed by atoms with Crippen molar-refractivity contribution in [1.29, 1.82) is 0 Å². The van der Waals surface area contributed by atoms with Gasteiger partial charge in [-0.15, -0.1) is 0 Å². The van der Waals surface area contributed by atoms with Crippen molar-refractivity contribution in [2.24, 2.45) is 5.92 Å². The molecule has 0 aliphatic carbocycles. The number of aromatic nitrogens is 2. The fraction of sp³-hybridized carbons (Fsp3) is 0.217. The lowest BCUT2D eigenvalue weighted by Gasteiger charge is -2.07. The van der Waals surface area contributed by atoms with Gasteiger partial charge in [-0.25, -0.2) is 12.8 Å². The van der Waals surface area contributed by atoms with Gasteiger partial charge >= 0.3 is 0 Å². The first-order valence-electron chi connectivity index (χ1n) is 9.80. The topological polar surface area (TPSA) is 86.2 Å². The van der Waals surface area contributed by atoms with Gasteiger partial charge in [-0.3, -0.25) is 0 Å². The van der Waals surface area contributed by atoms with Crippen LogP contribution < -0.4 is 0 Å². The molecule has 0 aliphatic heterocycles. The Labute approximate surface area is 179 Å². The zero-order chi connectivity index (χ0) is 22.0. The van der Waals surface area contributed by atoms with Gasteiger partial charge in [0.05, 0.1) is 4.90 Å². The second-order valence-electron chi connectivity index (χ2n) is 7.70. The number of halogens is 1. The molecule has 0 unspecified atom stereocenters. The molecular formula is C23H21FN2O4S. The van der Waals surface area contributed by atoms with E-state index in [1.165, 1.54) is 12.1 Å². The molecule has 0 N–H and O–H groups in total. The van der Waals surface area contributed by atoms with Crippen LogP contribution in [0, 0.1) is 11.7 Å². The molecule has 4 rings (SSSR count). The Hall–Kier alpha value is -3.26. The quantitative estimate of drug-likeness (QED) is 0.387. The fourth-order valence-electron chi connectivity index (χ4n) is 3.21. The average Bonchev–Trinajstić information content (AvgIpc) is 3.37. The summed E-state index contributed by atoms with van der Waals surface area (Å²) in [7, 11) is -3.57. The molecule has 0 atom stereocenters. The van der Waals surface area contributed by atoms with Crippen molar-refractivity contribution in [3.8, 4) is 23.0 Å². The molecule has 4 aromatic rings. The lowest BCUT2D eigenvalue weighted by molar-refractivity contribution is 0.413. The standard InChI is InChI=1S/C23H21FN2O4S/c1-15(2)12-16-6-9-20(10-7-16)31(27,28)14-19-8-11-21(29-19)23-25-22(26-30-23)17-4-3-5-18(24)13-17/h3-11,13,15H,12,14H2,1-2H3. The first kappa shape index (κ1) is 21.0. The fourth-order valence-corrected chi connectivity index (χ4v) is 4.46. The van der Waals surface area contributed by atoms with E-state index < -0.39 is 15.7 Å². The number of hydrogen-bond donors (Lipinski definition) is 0. The van der Waals surface area contributed by atoms with Gasteiger partial charge < -0.3 is 8.94 Å². The van der Waals surface area contributed by atoms with Gasteiger partial charge in [0.15, 0.2) is 15.6 Å². The maximum Gasteiger partial charge on any atom is 0.293 e. The third kappa shape index (κ3) is 4.91. The van der Waals surface area contributed by atoms with Gasteiger partial charge in [-0.1, -0.05) is 43.3 Å². The Kier molecular flexibility index (Phi) is 5.73. The van der Waals surface area contributed by atoms with Crippen molar-refractivity contribution < 1.29 is 21.7 Å². The molecule has 0 radical (unpaired) electrons. The van der Waals surface area contributed by atoms with Gasteiger partial charge in [-0.2, -0.15) is 4.98 Å². The van der Waals surface area contributed by atoms with Crippen LogP contribution in [0.3, 0.4) is 0 Å². The summed E-state index contributed by atoms with van der Waals surface area (Å²) in [4.78, 5) is 4.45. The zero-order valence-corrected chi connectivity index (χ0v) is 17.9. The minimum Gasteiger partial charge on any atom is -0.455 e. The molecule has 0 saturated carbocycles. The molecule has 0 bridgehead atoms. The molecule has 31 heavy (non-hydrogen) atoms. The smallest absolute Gasteiger partial charge is 0.293 e. The molecule has 6 nitrogen and oxygen atoms in total. The number of nitrogens with zero attached hydrogens (tertiary/aromatic N) is 2. The summed E-state index contributed by atoms with van der Waals surface area (Å²) >= 11 is 0. The van der Waals surface area contributed by atoms with E-state index in [1.54, 1.807) is 36.4 Å². The number of furan rings is 1. The monoisotopic (exact) mass is 440 g/mol. The molecule has 0 fully saturated rings. The molecule has 0 saturated heterocycles. The number of sulfone groups is 1.